The third kappa shape index (κ3) is 3.22. The Morgan fingerprint density at radius 3 is 2.74 bits per heavy atom. The lowest BCUT2D eigenvalue weighted by molar-refractivity contribution is -0.120. The van der Waals surface area contributed by atoms with E-state index in [1.807, 2.05) is 38.1 Å². The molecule has 0 unspecified atom stereocenters. The predicted octanol–water partition coefficient (Wildman–Crippen LogP) is 2.51. The fraction of sp³-hybridized carbons (Fsp3) is 0.333. The molecule has 0 spiro atoms. The molecule has 0 atom stereocenters. The molecule has 0 saturated carbocycles. The van der Waals surface area contributed by atoms with Crippen LogP contribution in [0.2, 0.25) is 0 Å². The first-order valence-corrected chi connectivity index (χ1v) is 6.44. The first-order chi connectivity index (χ1) is 9.08. The summed E-state index contributed by atoms with van der Waals surface area (Å²) in [6.07, 6.45) is 1.57. The van der Waals surface area contributed by atoms with Crippen LogP contribution in [-0.4, -0.2) is 23.2 Å². The number of aromatic amines is 1. The normalized spacial score (nSPS) is 10.9. The van der Waals surface area contributed by atoms with Gasteiger partial charge in [0.2, 0.25) is 5.91 Å². The number of para-hydroxylation sites is 1. The number of carbonyl (C=O) groups excluding carboxylic acids is 2. The average Bonchev–Trinajstić information content (AvgIpc) is 2.80. The average molecular weight is 258 g/mol. The van der Waals surface area contributed by atoms with E-state index in [-0.39, 0.29) is 18.1 Å². The third-order valence-corrected chi connectivity index (χ3v) is 2.92. The largest absolute Gasteiger partial charge is 0.360 e. The molecule has 0 radical (unpaired) electrons. The molecule has 2 N–H and O–H groups in total. The second-order valence-electron chi connectivity index (χ2n) is 5.05. The smallest absolute Gasteiger partial charge is 0.227 e. The Hall–Kier alpha value is -2.10. The Morgan fingerprint density at radius 2 is 2.00 bits per heavy atom. The Labute approximate surface area is 112 Å². The number of benzene rings is 1. The van der Waals surface area contributed by atoms with Crippen LogP contribution >= 0.6 is 0 Å². The third-order valence-electron chi connectivity index (χ3n) is 2.92. The Morgan fingerprint density at radius 1 is 1.26 bits per heavy atom. The second-order valence-corrected chi connectivity index (χ2v) is 5.05. The van der Waals surface area contributed by atoms with Crippen molar-refractivity contribution in [3.05, 3.63) is 36.0 Å². The van der Waals surface area contributed by atoms with Crippen LogP contribution in [-0.2, 0) is 4.79 Å². The summed E-state index contributed by atoms with van der Waals surface area (Å²) in [5, 5.41) is 3.62. The fourth-order valence-corrected chi connectivity index (χ4v) is 1.92. The van der Waals surface area contributed by atoms with Gasteiger partial charge in [0.1, 0.15) is 0 Å². The minimum atomic E-state index is -0.219. The number of aromatic nitrogens is 1. The van der Waals surface area contributed by atoms with Crippen LogP contribution in [0.25, 0.3) is 10.9 Å². The van der Waals surface area contributed by atoms with Crippen molar-refractivity contribution in [2.24, 2.45) is 5.92 Å². The first-order valence-electron chi connectivity index (χ1n) is 6.44. The van der Waals surface area contributed by atoms with Crippen LogP contribution in [0.5, 0.6) is 0 Å². The minimum Gasteiger partial charge on any atom is -0.360 e. The van der Waals surface area contributed by atoms with E-state index in [0.717, 1.165) is 10.9 Å². The fourth-order valence-electron chi connectivity index (χ4n) is 1.92. The number of hydrogen-bond acceptors (Lipinski definition) is 2. The molecule has 19 heavy (non-hydrogen) atoms. The van der Waals surface area contributed by atoms with Crippen molar-refractivity contribution in [1.29, 1.82) is 0 Å². The van der Waals surface area contributed by atoms with Gasteiger partial charge in [-0.25, -0.2) is 0 Å². The predicted molar refractivity (Wildman–Crippen MR) is 75.1 cm³/mol. The molecule has 0 aliphatic heterocycles. The first kappa shape index (κ1) is 13.3. The van der Waals surface area contributed by atoms with Gasteiger partial charge in [0.15, 0.2) is 5.78 Å². The molecule has 1 aromatic carbocycles. The number of nitrogens with one attached hydrogen (secondary N) is 2. The summed E-state index contributed by atoms with van der Waals surface area (Å²) in [5.41, 5.74) is 1.49. The van der Waals surface area contributed by atoms with E-state index in [1.165, 1.54) is 0 Å². The Kier molecular flexibility index (Phi) is 4.00. The number of carbonyl (C=O) groups is 2. The molecule has 0 fully saturated rings. The molecule has 0 aliphatic carbocycles. The lowest BCUT2D eigenvalue weighted by Gasteiger charge is -2.06. The van der Waals surface area contributed by atoms with Gasteiger partial charge in [-0.3, -0.25) is 9.59 Å². The maximum absolute atomic E-state index is 12.1. The van der Waals surface area contributed by atoms with Crippen LogP contribution in [0.15, 0.2) is 30.5 Å². The number of rotatable bonds is 5. The zero-order valence-electron chi connectivity index (χ0n) is 11.2. The van der Waals surface area contributed by atoms with Crippen molar-refractivity contribution in [2.45, 2.75) is 20.3 Å². The van der Waals surface area contributed by atoms with E-state index in [1.54, 1.807) is 6.20 Å². The van der Waals surface area contributed by atoms with E-state index in [4.69, 9.17) is 0 Å². The van der Waals surface area contributed by atoms with E-state index >= 15 is 0 Å². The number of hydrogen-bond donors (Lipinski definition) is 2. The van der Waals surface area contributed by atoms with E-state index < -0.39 is 0 Å². The van der Waals surface area contributed by atoms with Gasteiger partial charge >= 0.3 is 0 Å². The number of amides is 1. The molecule has 100 valence electrons. The number of H-pyrrole nitrogens is 1. The van der Waals surface area contributed by atoms with Gasteiger partial charge in [-0.1, -0.05) is 32.0 Å². The van der Waals surface area contributed by atoms with E-state index in [0.29, 0.717) is 18.0 Å². The zero-order valence-corrected chi connectivity index (χ0v) is 11.2. The monoisotopic (exact) mass is 258 g/mol. The molecule has 0 bridgehead atoms. The SMILES string of the molecule is CC(C)CNC(=O)CC(=O)c1c[nH]c2ccccc12. The van der Waals surface area contributed by atoms with Crippen molar-refractivity contribution in [1.82, 2.24) is 10.3 Å². The molecule has 0 aliphatic rings. The molecule has 1 heterocycles. The van der Waals surface area contributed by atoms with Crippen molar-refractivity contribution in [3.63, 3.8) is 0 Å². The summed E-state index contributed by atoms with van der Waals surface area (Å²) < 4.78 is 0. The second kappa shape index (κ2) is 5.69. The molecule has 1 aromatic heterocycles. The van der Waals surface area contributed by atoms with Gasteiger partial charge in [0.25, 0.3) is 0 Å². The quantitative estimate of drug-likeness (QED) is 0.639. The van der Waals surface area contributed by atoms with Gasteiger partial charge in [-0.15, -0.1) is 0 Å². The van der Waals surface area contributed by atoms with Gasteiger partial charge in [0, 0.05) is 29.2 Å². The van der Waals surface area contributed by atoms with Crippen LogP contribution < -0.4 is 5.32 Å². The number of ketones is 1. The molecule has 4 nitrogen and oxygen atoms in total. The van der Waals surface area contributed by atoms with Gasteiger partial charge in [-0.2, -0.15) is 0 Å². The highest BCUT2D eigenvalue weighted by Crippen LogP contribution is 2.18. The lowest BCUT2D eigenvalue weighted by Crippen LogP contribution is -2.29. The summed E-state index contributed by atoms with van der Waals surface area (Å²) in [5.74, 6) is 0.00910. The van der Waals surface area contributed by atoms with E-state index in [2.05, 4.69) is 10.3 Å². The standard InChI is InChI=1S/C15H18N2O2/c1-10(2)8-17-15(19)7-14(18)12-9-16-13-6-4-3-5-11(12)13/h3-6,9-10,16H,7-8H2,1-2H3,(H,17,19). The molecule has 4 heteroatoms. The van der Waals surface area contributed by atoms with Gasteiger partial charge in [-0.05, 0) is 12.0 Å². The zero-order chi connectivity index (χ0) is 13.8. The maximum Gasteiger partial charge on any atom is 0.227 e. The summed E-state index contributed by atoms with van der Waals surface area (Å²) in [4.78, 5) is 26.8. The maximum atomic E-state index is 12.1. The number of fused-ring (bicyclic) bond motifs is 1. The molecular weight excluding hydrogens is 240 g/mol. The molecule has 2 rings (SSSR count). The summed E-state index contributed by atoms with van der Waals surface area (Å²) in [6.45, 7) is 4.63. The molecular formula is C15H18N2O2. The molecule has 1 amide bonds. The highest BCUT2D eigenvalue weighted by molar-refractivity contribution is 6.14. The van der Waals surface area contributed by atoms with Crippen molar-refractivity contribution in [3.8, 4) is 0 Å². The molecule has 2 aromatic rings. The van der Waals surface area contributed by atoms with E-state index in [9.17, 15) is 9.59 Å². The van der Waals surface area contributed by atoms with Crippen LogP contribution in [0.3, 0.4) is 0 Å². The van der Waals surface area contributed by atoms with Crippen LogP contribution in [0.1, 0.15) is 30.6 Å². The summed E-state index contributed by atoms with van der Waals surface area (Å²) in [6, 6.07) is 7.57. The Bertz CT molecular complexity index is 599. The summed E-state index contributed by atoms with van der Waals surface area (Å²) >= 11 is 0. The lowest BCUT2D eigenvalue weighted by atomic mass is 10.1. The highest BCUT2D eigenvalue weighted by atomic mass is 16.2. The van der Waals surface area contributed by atoms with Crippen LogP contribution in [0.4, 0.5) is 0 Å². The van der Waals surface area contributed by atoms with Crippen molar-refractivity contribution in [2.75, 3.05) is 6.54 Å². The van der Waals surface area contributed by atoms with Gasteiger partial charge < -0.3 is 10.3 Å². The van der Waals surface area contributed by atoms with Crippen LogP contribution in [0, 0.1) is 5.92 Å². The Balaban J connectivity index is 2.06. The van der Waals surface area contributed by atoms with Crippen molar-refractivity contribution < 1.29 is 9.59 Å². The highest BCUT2D eigenvalue weighted by Gasteiger charge is 2.15. The minimum absolute atomic E-state index is 0.103. The van der Waals surface area contributed by atoms with Gasteiger partial charge in [0.05, 0.1) is 6.42 Å². The van der Waals surface area contributed by atoms with Crippen molar-refractivity contribution >= 4 is 22.6 Å². The molecule has 0 saturated heterocycles. The summed E-state index contributed by atoms with van der Waals surface area (Å²) in [7, 11) is 0. The topological polar surface area (TPSA) is 62.0 Å². The number of Topliss-reactive ketones (excluding diaryl/α,β-unsaturated/α-hetero) is 1.